The monoisotopic (exact) mass is 1030 g/mol. The normalized spacial score (nSPS) is 41.2. The van der Waals surface area contributed by atoms with Crippen LogP contribution in [0, 0.1) is 23.7 Å². The standard InChI is InChI=1S/C48H83F3N4O14S/c1-15-36-46(12,60)40(57)31(8)53-24-27(4)21-44(10,59)41(69-43-38(56)35(20-28(5)65-43)55(13)70(62,63)54-34-18-16-33(17-19-34)48(49,50)51)29(6)39(30(7)42(58)67-36)68-37-22-45(11,64-14)47(61,32(9)66-37)25-52-23-26(2)3/h16-19,26-32,35-41,43,52-54,56-57,59-61H,15,20-25H2,1-14H3/t27?,28-,29?,30?,31?,32+,35+,36?,37+,38-,39?,40?,41?,43+,44?,45-,46?,47+/m1/s1. The topological polar surface area (TPSA) is 247 Å². The number of rotatable bonds is 14. The molecule has 22 heteroatoms. The summed E-state index contributed by atoms with van der Waals surface area (Å²) in [7, 11) is -1.86. The van der Waals surface area contributed by atoms with Crippen molar-refractivity contribution in [2.45, 2.75) is 205 Å². The summed E-state index contributed by atoms with van der Waals surface area (Å²) >= 11 is 0. The summed E-state index contributed by atoms with van der Waals surface area (Å²) in [5.74, 6) is -3.14. The van der Waals surface area contributed by atoms with E-state index < -0.39 is 130 Å². The molecule has 0 bridgehead atoms. The van der Waals surface area contributed by atoms with Crippen LogP contribution < -0.4 is 15.4 Å². The van der Waals surface area contributed by atoms with Gasteiger partial charge in [0.05, 0.1) is 47.5 Å². The van der Waals surface area contributed by atoms with Crippen LogP contribution in [0.15, 0.2) is 24.3 Å². The fraction of sp³-hybridized carbons (Fsp3) is 0.854. The first-order chi connectivity index (χ1) is 32.1. The van der Waals surface area contributed by atoms with Crippen LogP contribution in [0.25, 0.3) is 0 Å². The van der Waals surface area contributed by atoms with E-state index in [-0.39, 0.29) is 56.3 Å². The Morgan fingerprint density at radius 1 is 0.971 bits per heavy atom. The Bertz CT molecular complexity index is 1950. The minimum Gasteiger partial charge on any atom is -0.459 e. The molecule has 18 nitrogen and oxygen atoms in total. The highest BCUT2D eigenvalue weighted by atomic mass is 32.2. The van der Waals surface area contributed by atoms with E-state index in [2.05, 4.69) is 15.4 Å². The number of anilines is 1. The number of aliphatic hydroxyl groups excluding tert-OH is 2. The molecular formula is C48H83F3N4O14S. The van der Waals surface area contributed by atoms with Gasteiger partial charge >= 0.3 is 22.4 Å². The first kappa shape index (κ1) is 60.3. The van der Waals surface area contributed by atoms with Crippen molar-refractivity contribution in [3.8, 4) is 0 Å². The van der Waals surface area contributed by atoms with E-state index in [1.165, 1.54) is 28.0 Å². The number of likely N-dealkylation sites (N-methyl/N-ethyl adjacent to an activating group) is 1. The van der Waals surface area contributed by atoms with Gasteiger partial charge in [0.1, 0.15) is 35.1 Å². The number of carbonyl (C=O) groups is 1. The van der Waals surface area contributed by atoms with E-state index in [1.54, 1.807) is 48.5 Å². The third-order valence-electron chi connectivity index (χ3n) is 14.8. The minimum absolute atomic E-state index is 0.0135. The van der Waals surface area contributed by atoms with Gasteiger partial charge in [0.25, 0.3) is 0 Å². The molecule has 0 spiro atoms. The van der Waals surface area contributed by atoms with E-state index in [0.717, 1.165) is 28.6 Å². The molecule has 0 aromatic heterocycles. The molecule has 406 valence electrons. The Morgan fingerprint density at radius 3 is 2.14 bits per heavy atom. The van der Waals surface area contributed by atoms with E-state index in [0.29, 0.717) is 6.54 Å². The average Bonchev–Trinajstić information content (AvgIpc) is 3.26. The van der Waals surface area contributed by atoms with Crippen molar-refractivity contribution >= 4 is 21.9 Å². The molecule has 0 aliphatic carbocycles. The Kier molecular flexibility index (Phi) is 20.2. The van der Waals surface area contributed by atoms with Gasteiger partial charge in [-0.15, -0.1) is 0 Å². The lowest BCUT2D eigenvalue weighted by Crippen LogP contribution is -2.70. The molecule has 70 heavy (non-hydrogen) atoms. The molecule has 18 atom stereocenters. The first-order valence-electron chi connectivity index (χ1n) is 24.4. The molecule has 0 radical (unpaired) electrons. The van der Waals surface area contributed by atoms with Gasteiger partial charge in [-0.1, -0.05) is 34.6 Å². The summed E-state index contributed by atoms with van der Waals surface area (Å²) in [4.78, 5) is 14.5. The van der Waals surface area contributed by atoms with Crippen LogP contribution in [-0.4, -0.2) is 168 Å². The number of carbonyl (C=O) groups excluding carboxylic acids is 1. The van der Waals surface area contributed by atoms with Crippen LogP contribution in [0.1, 0.15) is 114 Å². The number of ether oxygens (including phenoxy) is 6. The SMILES string of the molecule is CCC1OC(=O)C(C)C(O[C@H]2C[C@@](C)(OC)[C@](O)(CNCC(C)C)[C@H](C)O2)C(C)C(O[C@@H]2O[C@H](C)C[C@H](N(C)S(=O)(=O)Nc3ccc(C(F)(F)F)cc3)[C@H]2O)C(C)(O)CC(C)CNC(C)C(O)C1(C)O. The van der Waals surface area contributed by atoms with Gasteiger partial charge in [-0.2, -0.15) is 25.9 Å². The number of hydrogen-bond acceptors (Lipinski definition) is 16. The fourth-order valence-corrected chi connectivity index (χ4v) is 11.4. The van der Waals surface area contributed by atoms with Crippen molar-refractivity contribution in [2.24, 2.45) is 23.7 Å². The zero-order chi connectivity index (χ0) is 53.1. The molecule has 1 aromatic rings. The zero-order valence-electron chi connectivity index (χ0n) is 43.3. The summed E-state index contributed by atoms with van der Waals surface area (Å²) in [6.45, 7) is 21.4. The van der Waals surface area contributed by atoms with Gasteiger partial charge in [0, 0.05) is 44.8 Å². The predicted molar refractivity (Wildman–Crippen MR) is 254 cm³/mol. The van der Waals surface area contributed by atoms with Crippen LogP contribution in [0.3, 0.4) is 0 Å². The number of cyclic esters (lactones) is 1. The summed E-state index contributed by atoms with van der Waals surface area (Å²) in [6.07, 6.45) is -16.0. The molecule has 3 aliphatic rings. The number of esters is 1. The first-order valence-corrected chi connectivity index (χ1v) is 25.9. The molecule has 0 saturated carbocycles. The lowest BCUT2D eigenvalue weighted by Gasteiger charge is -2.53. The summed E-state index contributed by atoms with van der Waals surface area (Å²) < 4.78 is 109. The van der Waals surface area contributed by atoms with Gasteiger partial charge in [-0.3, -0.25) is 9.52 Å². The second kappa shape index (κ2) is 23.5. The van der Waals surface area contributed by atoms with E-state index in [4.69, 9.17) is 28.4 Å². The summed E-state index contributed by atoms with van der Waals surface area (Å²) in [5, 5.41) is 66.7. The van der Waals surface area contributed by atoms with Crippen molar-refractivity contribution in [3.05, 3.63) is 29.8 Å². The van der Waals surface area contributed by atoms with Gasteiger partial charge < -0.3 is 64.6 Å². The number of aliphatic hydroxyl groups is 5. The van der Waals surface area contributed by atoms with E-state index in [1.807, 2.05) is 20.8 Å². The molecular weight excluding hydrogens is 946 g/mol. The van der Waals surface area contributed by atoms with Crippen molar-refractivity contribution < 1.29 is 80.3 Å². The van der Waals surface area contributed by atoms with Gasteiger partial charge in [0.15, 0.2) is 12.6 Å². The Labute approximate surface area is 412 Å². The van der Waals surface area contributed by atoms with E-state index >= 15 is 0 Å². The lowest BCUT2D eigenvalue weighted by molar-refractivity contribution is -0.336. The second-order valence-electron chi connectivity index (χ2n) is 21.3. The maximum atomic E-state index is 14.5. The molecule has 3 fully saturated rings. The van der Waals surface area contributed by atoms with Crippen LogP contribution in [0.5, 0.6) is 0 Å². The smallest absolute Gasteiger partial charge is 0.416 e. The predicted octanol–water partition coefficient (Wildman–Crippen LogP) is 3.92. The van der Waals surface area contributed by atoms with Gasteiger partial charge in [-0.25, -0.2) is 0 Å². The fourth-order valence-electron chi connectivity index (χ4n) is 10.3. The summed E-state index contributed by atoms with van der Waals surface area (Å²) in [6, 6.07) is 1.48. The molecule has 0 amide bonds. The number of nitrogens with one attached hydrogen (secondary N) is 3. The number of alkyl halides is 3. The average molecular weight is 1030 g/mol. The number of halogens is 3. The van der Waals surface area contributed by atoms with Crippen molar-refractivity contribution in [2.75, 3.05) is 38.5 Å². The van der Waals surface area contributed by atoms with Crippen LogP contribution >= 0.6 is 0 Å². The van der Waals surface area contributed by atoms with Crippen LogP contribution in [0.4, 0.5) is 18.9 Å². The maximum absolute atomic E-state index is 14.5. The Hall–Kier alpha value is -2.29. The third-order valence-corrected chi connectivity index (χ3v) is 16.3. The molecule has 1 aromatic carbocycles. The van der Waals surface area contributed by atoms with Gasteiger partial charge in [0.2, 0.25) is 0 Å². The molecule has 3 saturated heterocycles. The number of nitrogens with zero attached hydrogens (tertiary/aromatic N) is 1. The minimum atomic E-state index is -4.64. The van der Waals surface area contributed by atoms with E-state index in [9.17, 15) is 51.9 Å². The quantitative estimate of drug-likeness (QED) is 0.123. The van der Waals surface area contributed by atoms with Crippen LogP contribution in [0.2, 0.25) is 0 Å². The van der Waals surface area contributed by atoms with Crippen molar-refractivity contribution in [1.82, 2.24) is 14.9 Å². The largest absolute Gasteiger partial charge is 0.459 e. The molecule has 4 rings (SSSR count). The highest BCUT2D eigenvalue weighted by molar-refractivity contribution is 7.90. The Morgan fingerprint density at radius 2 is 1.59 bits per heavy atom. The number of benzene rings is 1. The maximum Gasteiger partial charge on any atom is 0.416 e. The van der Waals surface area contributed by atoms with Gasteiger partial charge in [-0.05, 0) is 117 Å². The molecule has 8 N–H and O–H groups in total. The second-order valence-corrected chi connectivity index (χ2v) is 23.0. The third kappa shape index (κ3) is 13.9. The van der Waals surface area contributed by atoms with Crippen molar-refractivity contribution in [3.63, 3.8) is 0 Å². The lowest BCUT2D eigenvalue weighted by atomic mass is 9.75. The zero-order valence-corrected chi connectivity index (χ0v) is 44.1. The van der Waals surface area contributed by atoms with Crippen molar-refractivity contribution in [1.29, 1.82) is 0 Å². The molecule has 3 heterocycles. The summed E-state index contributed by atoms with van der Waals surface area (Å²) in [5.41, 5.74) is -7.72. The molecule has 3 aliphatic heterocycles. The number of methoxy groups -OCH3 is 1. The highest BCUT2D eigenvalue weighted by Crippen LogP contribution is 2.43. The Balaban J connectivity index is 1.79. The van der Waals surface area contributed by atoms with Crippen LogP contribution in [-0.2, 0) is 49.6 Å². The number of hydrogen-bond donors (Lipinski definition) is 8. The highest BCUT2D eigenvalue weighted by Gasteiger charge is 2.58. The molecule has 10 unspecified atom stereocenters.